The van der Waals surface area contributed by atoms with E-state index in [2.05, 4.69) is 36.9 Å². The molecule has 0 radical (unpaired) electrons. The standard InChI is InChI=1S/C17H19N/c1-5-15(4)11-17(13-18-12-14(2)3)16-9-7-6-8-10-16/h5-11,13H,1-2,4,12H2,3H3/b17-11+,18-13-. The molecule has 0 saturated carbocycles. The molecule has 0 aliphatic rings. The summed E-state index contributed by atoms with van der Waals surface area (Å²) in [5, 5.41) is 0. The van der Waals surface area contributed by atoms with Gasteiger partial charge in [-0.25, -0.2) is 0 Å². The highest BCUT2D eigenvalue weighted by Crippen LogP contribution is 2.14. The third kappa shape index (κ3) is 4.79. The minimum absolute atomic E-state index is 0.644. The summed E-state index contributed by atoms with van der Waals surface area (Å²) >= 11 is 0. The summed E-state index contributed by atoms with van der Waals surface area (Å²) in [4.78, 5) is 4.37. The lowest BCUT2D eigenvalue weighted by Gasteiger charge is -2.02. The first-order valence-electron chi connectivity index (χ1n) is 5.86. The minimum Gasteiger partial charge on any atom is -0.288 e. The summed E-state index contributed by atoms with van der Waals surface area (Å²) in [6.07, 6.45) is 5.57. The lowest BCUT2D eigenvalue weighted by atomic mass is 10.0. The van der Waals surface area contributed by atoms with Crippen LogP contribution in [0.2, 0.25) is 0 Å². The second kappa shape index (κ2) is 7.23. The van der Waals surface area contributed by atoms with E-state index in [-0.39, 0.29) is 0 Å². The largest absolute Gasteiger partial charge is 0.288 e. The fraction of sp³-hybridized carbons (Fsp3) is 0.118. The highest BCUT2D eigenvalue weighted by Gasteiger charge is 1.97. The number of benzene rings is 1. The van der Waals surface area contributed by atoms with Gasteiger partial charge in [0, 0.05) is 11.8 Å². The fourth-order valence-electron chi connectivity index (χ4n) is 1.38. The van der Waals surface area contributed by atoms with Crippen molar-refractivity contribution in [1.29, 1.82) is 0 Å². The maximum absolute atomic E-state index is 4.37. The van der Waals surface area contributed by atoms with Crippen LogP contribution in [0, 0.1) is 0 Å². The van der Waals surface area contributed by atoms with Gasteiger partial charge in [0.15, 0.2) is 0 Å². The van der Waals surface area contributed by atoms with E-state index in [1.165, 1.54) is 0 Å². The smallest absolute Gasteiger partial charge is 0.0594 e. The summed E-state index contributed by atoms with van der Waals surface area (Å²) < 4.78 is 0. The molecular formula is C17H19N. The van der Waals surface area contributed by atoms with Crippen LogP contribution < -0.4 is 0 Å². The molecule has 0 spiro atoms. The van der Waals surface area contributed by atoms with Gasteiger partial charge in [0.05, 0.1) is 6.54 Å². The Bertz CT molecular complexity index is 490. The molecule has 1 nitrogen and oxygen atoms in total. The first kappa shape index (κ1) is 13.9. The van der Waals surface area contributed by atoms with Crippen LogP contribution >= 0.6 is 0 Å². The van der Waals surface area contributed by atoms with E-state index in [9.17, 15) is 0 Å². The molecular weight excluding hydrogens is 218 g/mol. The Kier molecular flexibility index (Phi) is 5.59. The zero-order valence-electron chi connectivity index (χ0n) is 10.9. The number of aliphatic imine (C=N–C) groups is 1. The molecule has 0 aliphatic carbocycles. The third-order valence-electron chi connectivity index (χ3n) is 2.30. The number of hydrogen-bond donors (Lipinski definition) is 0. The van der Waals surface area contributed by atoms with Crippen LogP contribution in [0.4, 0.5) is 0 Å². The molecule has 0 N–H and O–H groups in total. The molecule has 0 fully saturated rings. The van der Waals surface area contributed by atoms with Gasteiger partial charge in [0.1, 0.15) is 0 Å². The molecule has 92 valence electrons. The molecule has 0 amide bonds. The van der Waals surface area contributed by atoms with Gasteiger partial charge in [-0.05, 0) is 24.1 Å². The molecule has 1 aromatic rings. The Hall–Kier alpha value is -2.15. The molecule has 0 aromatic heterocycles. The summed E-state index contributed by atoms with van der Waals surface area (Å²) in [5.74, 6) is 0. The van der Waals surface area contributed by atoms with Crippen molar-refractivity contribution in [2.24, 2.45) is 4.99 Å². The van der Waals surface area contributed by atoms with Crippen molar-refractivity contribution in [3.8, 4) is 0 Å². The number of allylic oxidation sites excluding steroid dienone is 4. The van der Waals surface area contributed by atoms with Gasteiger partial charge >= 0.3 is 0 Å². The molecule has 0 atom stereocenters. The number of rotatable bonds is 6. The highest BCUT2D eigenvalue weighted by atomic mass is 14.7. The average molecular weight is 237 g/mol. The van der Waals surface area contributed by atoms with Crippen LogP contribution in [-0.4, -0.2) is 12.8 Å². The lowest BCUT2D eigenvalue weighted by Crippen LogP contribution is -1.89. The molecule has 1 aromatic carbocycles. The van der Waals surface area contributed by atoms with Gasteiger partial charge in [-0.1, -0.05) is 61.7 Å². The van der Waals surface area contributed by atoms with Crippen molar-refractivity contribution in [3.63, 3.8) is 0 Å². The molecule has 0 unspecified atom stereocenters. The van der Waals surface area contributed by atoms with E-state index in [1.807, 2.05) is 37.4 Å². The third-order valence-corrected chi connectivity index (χ3v) is 2.30. The normalized spacial score (nSPS) is 11.5. The monoisotopic (exact) mass is 237 g/mol. The number of nitrogens with zero attached hydrogens (tertiary/aromatic N) is 1. The van der Waals surface area contributed by atoms with Gasteiger partial charge in [-0.2, -0.15) is 0 Å². The van der Waals surface area contributed by atoms with Crippen molar-refractivity contribution >= 4 is 11.8 Å². The van der Waals surface area contributed by atoms with Crippen molar-refractivity contribution in [3.05, 3.63) is 78.9 Å². The zero-order valence-corrected chi connectivity index (χ0v) is 10.9. The van der Waals surface area contributed by atoms with Crippen LogP contribution in [0.5, 0.6) is 0 Å². The second-order valence-corrected chi connectivity index (χ2v) is 4.17. The van der Waals surface area contributed by atoms with E-state index < -0.39 is 0 Å². The summed E-state index contributed by atoms with van der Waals surface area (Å²) in [5.41, 5.74) is 4.06. The quantitative estimate of drug-likeness (QED) is 0.393. The highest BCUT2D eigenvalue weighted by molar-refractivity contribution is 6.10. The van der Waals surface area contributed by atoms with Gasteiger partial charge in [-0.3, -0.25) is 4.99 Å². The van der Waals surface area contributed by atoms with Crippen LogP contribution in [-0.2, 0) is 0 Å². The SMILES string of the molecule is C=CC(=C)/C=C(\C=N/CC(=C)C)c1ccccc1. The Labute approximate surface area is 110 Å². The van der Waals surface area contributed by atoms with Crippen LogP contribution in [0.1, 0.15) is 12.5 Å². The minimum atomic E-state index is 0.644. The molecule has 0 bridgehead atoms. The second-order valence-electron chi connectivity index (χ2n) is 4.17. The maximum atomic E-state index is 4.37. The molecule has 0 heterocycles. The van der Waals surface area contributed by atoms with Crippen molar-refractivity contribution < 1.29 is 0 Å². The maximum Gasteiger partial charge on any atom is 0.0594 e. The lowest BCUT2D eigenvalue weighted by molar-refractivity contribution is 1.15. The van der Waals surface area contributed by atoms with E-state index >= 15 is 0 Å². The molecule has 1 rings (SSSR count). The van der Waals surface area contributed by atoms with E-state index in [0.29, 0.717) is 6.54 Å². The van der Waals surface area contributed by atoms with Gasteiger partial charge in [0.2, 0.25) is 0 Å². The topological polar surface area (TPSA) is 12.4 Å². The Morgan fingerprint density at radius 1 is 1.22 bits per heavy atom. The van der Waals surface area contributed by atoms with Crippen molar-refractivity contribution in [2.75, 3.05) is 6.54 Å². The van der Waals surface area contributed by atoms with Crippen molar-refractivity contribution in [2.45, 2.75) is 6.92 Å². The molecule has 0 aliphatic heterocycles. The van der Waals surface area contributed by atoms with Crippen LogP contribution in [0.3, 0.4) is 0 Å². The summed E-state index contributed by atoms with van der Waals surface area (Å²) in [6.45, 7) is 14.1. The first-order valence-corrected chi connectivity index (χ1v) is 5.86. The predicted molar refractivity (Wildman–Crippen MR) is 81.9 cm³/mol. The number of hydrogen-bond acceptors (Lipinski definition) is 1. The molecule has 0 saturated heterocycles. The summed E-state index contributed by atoms with van der Waals surface area (Å²) in [7, 11) is 0. The summed E-state index contributed by atoms with van der Waals surface area (Å²) in [6, 6.07) is 10.1. The Balaban J connectivity index is 3.00. The first-order chi connectivity index (χ1) is 8.63. The fourth-order valence-corrected chi connectivity index (χ4v) is 1.38. The molecule has 1 heteroatoms. The van der Waals surface area contributed by atoms with Gasteiger partial charge in [0.25, 0.3) is 0 Å². The van der Waals surface area contributed by atoms with E-state index in [1.54, 1.807) is 6.08 Å². The van der Waals surface area contributed by atoms with Crippen LogP contribution in [0.25, 0.3) is 5.57 Å². The van der Waals surface area contributed by atoms with Gasteiger partial charge < -0.3 is 0 Å². The average Bonchev–Trinajstić information content (AvgIpc) is 2.38. The molecule has 18 heavy (non-hydrogen) atoms. The van der Waals surface area contributed by atoms with E-state index in [0.717, 1.165) is 22.3 Å². The van der Waals surface area contributed by atoms with Crippen LogP contribution in [0.15, 0.2) is 78.4 Å². The Morgan fingerprint density at radius 2 is 1.89 bits per heavy atom. The predicted octanol–water partition coefficient (Wildman–Crippen LogP) is 4.46. The van der Waals surface area contributed by atoms with Crippen molar-refractivity contribution in [1.82, 2.24) is 0 Å². The van der Waals surface area contributed by atoms with E-state index in [4.69, 9.17) is 0 Å². The zero-order chi connectivity index (χ0) is 13.4. The Morgan fingerprint density at radius 3 is 2.44 bits per heavy atom. The van der Waals surface area contributed by atoms with Gasteiger partial charge in [-0.15, -0.1) is 0 Å².